The van der Waals surface area contributed by atoms with Crippen molar-refractivity contribution >= 4 is 28.8 Å². The Hall–Kier alpha value is -3.10. The molecule has 1 saturated carbocycles. The molecule has 1 fully saturated rings. The van der Waals surface area contributed by atoms with Crippen LogP contribution in [-0.2, 0) is 17.8 Å². The molecule has 0 N–H and O–H groups in total. The molecule has 0 aliphatic heterocycles. The highest BCUT2D eigenvalue weighted by Gasteiger charge is 2.34. The van der Waals surface area contributed by atoms with E-state index >= 15 is 0 Å². The number of carbonyl (C=O) groups is 1. The standard InChI is InChI=1S/C22H18ClN5O2S/c23-15-6-4-14(5-7-15)21-27-26-19(30-21)12-28(17-8-9-17)20(29)11-16-13-31-22(25-16)18-3-1-2-10-24-18/h1-7,10,13,17H,8-9,11-12H2. The van der Waals surface area contributed by atoms with E-state index in [1.54, 1.807) is 18.3 Å². The molecule has 31 heavy (non-hydrogen) atoms. The Morgan fingerprint density at radius 1 is 1.16 bits per heavy atom. The number of halogens is 1. The average Bonchev–Trinajstić information content (AvgIpc) is 3.33. The number of aromatic nitrogens is 4. The monoisotopic (exact) mass is 451 g/mol. The summed E-state index contributed by atoms with van der Waals surface area (Å²) in [5.74, 6) is 0.832. The molecule has 1 aliphatic rings. The van der Waals surface area contributed by atoms with Gasteiger partial charge in [0.1, 0.15) is 5.01 Å². The first-order valence-corrected chi connectivity index (χ1v) is 11.1. The first kappa shape index (κ1) is 19.8. The number of benzene rings is 1. The van der Waals surface area contributed by atoms with E-state index in [0.29, 0.717) is 23.3 Å². The van der Waals surface area contributed by atoms with Gasteiger partial charge < -0.3 is 9.32 Å². The van der Waals surface area contributed by atoms with E-state index in [9.17, 15) is 4.79 Å². The summed E-state index contributed by atoms with van der Waals surface area (Å²) in [7, 11) is 0. The van der Waals surface area contributed by atoms with Crippen LogP contribution in [0.15, 0.2) is 58.5 Å². The summed E-state index contributed by atoms with van der Waals surface area (Å²) in [5, 5.41) is 11.6. The van der Waals surface area contributed by atoms with Crippen molar-refractivity contribution in [3.8, 4) is 22.2 Å². The van der Waals surface area contributed by atoms with Crippen molar-refractivity contribution in [2.45, 2.75) is 31.8 Å². The maximum absolute atomic E-state index is 13.0. The van der Waals surface area contributed by atoms with Crippen LogP contribution < -0.4 is 0 Å². The Morgan fingerprint density at radius 2 is 2.00 bits per heavy atom. The predicted molar refractivity (Wildman–Crippen MR) is 117 cm³/mol. The van der Waals surface area contributed by atoms with Crippen LogP contribution in [-0.4, -0.2) is 37.0 Å². The Morgan fingerprint density at radius 3 is 2.74 bits per heavy atom. The lowest BCUT2D eigenvalue weighted by Gasteiger charge is -2.20. The number of carbonyl (C=O) groups excluding carboxylic acids is 1. The van der Waals surface area contributed by atoms with Crippen molar-refractivity contribution < 1.29 is 9.21 Å². The summed E-state index contributed by atoms with van der Waals surface area (Å²) in [6, 6.07) is 13.1. The zero-order chi connectivity index (χ0) is 21.2. The fraction of sp³-hybridized carbons (Fsp3) is 0.227. The van der Waals surface area contributed by atoms with Crippen LogP contribution in [0.4, 0.5) is 0 Å². The number of hydrogen-bond acceptors (Lipinski definition) is 7. The molecule has 1 amide bonds. The Kier molecular flexibility index (Phi) is 5.48. The molecule has 1 aliphatic carbocycles. The molecule has 5 rings (SSSR count). The number of thiazole rings is 1. The second-order valence-corrected chi connectivity index (χ2v) is 8.59. The normalized spacial score (nSPS) is 13.3. The fourth-order valence-corrected chi connectivity index (χ4v) is 4.15. The summed E-state index contributed by atoms with van der Waals surface area (Å²) < 4.78 is 5.80. The molecule has 0 radical (unpaired) electrons. The highest BCUT2D eigenvalue weighted by molar-refractivity contribution is 7.13. The molecule has 156 valence electrons. The van der Waals surface area contributed by atoms with Gasteiger partial charge in [0.2, 0.25) is 17.7 Å². The minimum absolute atomic E-state index is 0.00612. The van der Waals surface area contributed by atoms with Crippen LogP contribution in [0, 0.1) is 0 Å². The van der Waals surface area contributed by atoms with Gasteiger partial charge >= 0.3 is 0 Å². The number of pyridine rings is 1. The molecule has 0 atom stereocenters. The van der Waals surface area contributed by atoms with E-state index in [-0.39, 0.29) is 18.4 Å². The molecule has 3 heterocycles. The Bertz CT molecular complexity index is 1190. The van der Waals surface area contributed by atoms with Crippen molar-refractivity contribution in [1.82, 2.24) is 25.1 Å². The SMILES string of the molecule is O=C(Cc1csc(-c2ccccn2)n1)N(Cc1nnc(-c2ccc(Cl)cc2)o1)C1CC1. The first-order valence-electron chi connectivity index (χ1n) is 9.89. The highest BCUT2D eigenvalue weighted by atomic mass is 35.5. The third kappa shape index (κ3) is 4.65. The van der Waals surface area contributed by atoms with E-state index in [1.165, 1.54) is 11.3 Å². The first-order chi connectivity index (χ1) is 15.2. The van der Waals surface area contributed by atoms with Crippen molar-refractivity contribution in [3.05, 3.63) is 70.6 Å². The molecule has 0 bridgehead atoms. The number of rotatable bonds is 7. The van der Waals surface area contributed by atoms with E-state index in [2.05, 4.69) is 20.2 Å². The zero-order valence-electron chi connectivity index (χ0n) is 16.4. The number of amides is 1. The number of nitrogens with zero attached hydrogens (tertiary/aromatic N) is 5. The lowest BCUT2D eigenvalue weighted by Crippen LogP contribution is -2.34. The van der Waals surface area contributed by atoms with Crippen molar-refractivity contribution in [2.75, 3.05) is 0 Å². The van der Waals surface area contributed by atoms with Gasteiger partial charge in [-0.05, 0) is 49.2 Å². The van der Waals surface area contributed by atoms with Gasteiger partial charge in [-0.3, -0.25) is 9.78 Å². The Balaban J connectivity index is 1.28. The van der Waals surface area contributed by atoms with Crippen molar-refractivity contribution in [1.29, 1.82) is 0 Å². The van der Waals surface area contributed by atoms with Crippen LogP contribution in [0.25, 0.3) is 22.2 Å². The molecule has 4 aromatic rings. The minimum atomic E-state index is 0.00612. The molecule has 3 aromatic heterocycles. The molecule has 0 unspecified atom stereocenters. The summed E-state index contributed by atoms with van der Waals surface area (Å²) in [5.41, 5.74) is 2.34. The van der Waals surface area contributed by atoms with Crippen LogP contribution in [0.3, 0.4) is 0 Å². The van der Waals surface area contributed by atoms with Crippen LogP contribution in [0.2, 0.25) is 5.02 Å². The van der Waals surface area contributed by atoms with Gasteiger partial charge in [-0.15, -0.1) is 21.5 Å². The van der Waals surface area contributed by atoms with Gasteiger partial charge in [0.15, 0.2) is 0 Å². The van der Waals surface area contributed by atoms with Gasteiger partial charge in [0.05, 0.1) is 24.4 Å². The minimum Gasteiger partial charge on any atom is -0.419 e. The van der Waals surface area contributed by atoms with Crippen molar-refractivity contribution in [3.63, 3.8) is 0 Å². The fourth-order valence-electron chi connectivity index (χ4n) is 3.23. The van der Waals surface area contributed by atoms with Gasteiger partial charge in [0.25, 0.3) is 0 Å². The average molecular weight is 452 g/mol. The van der Waals surface area contributed by atoms with Crippen LogP contribution in [0.5, 0.6) is 0 Å². The Labute approximate surface area is 187 Å². The van der Waals surface area contributed by atoms with Crippen LogP contribution in [0.1, 0.15) is 24.4 Å². The van der Waals surface area contributed by atoms with Gasteiger partial charge in [-0.1, -0.05) is 17.7 Å². The molecule has 0 spiro atoms. The summed E-state index contributed by atoms with van der Waals surface area (Å²) in [6.07, 6.45) is 3.94. The third-order valence-corrected chi connectivity index (χ3v) is 6.11. The summed E-state index contributed by atoms with van der Waals surface area (Å²) >= 11 is 7.43. The number of hydrogen-bond donors (Lipinski definition) is 0. The van der Waals surface area contributed by atoms with E-state index in [1.807, 2.05) is 40.6 Å². The van der Waals surface area contributed by atoms with Crippen molar-refractivity contribution in [2.24, 2.45) is 0 Å². The maximum Gasteiger partial charge on any atom is 0.247 e. The second kappa shape index (κ2) is 8.56. The van der Waals surface area contributed by atoms with E-state index in [0.717, 1.165) is 34.8 Å². The summed E-state index contributed by atoms with van der Waals surface area (Å²) in [6.45, 7) is 0.293. The quantitative estimate of drug-likeness (QED) is 0.407. The van der Waals surface area contributed by atoms with Gasteiger partial charge in [0, 0.05) is 28.2 Å². The topological polar surface area (TPSA) is 85.0 Å². The molecule has 1 aromatic carbocycles. The largest absolute Gasteiger partial charge is 0.419 e. The molecule has 9 heteroatoms. The predicted octanol–water partition coefficient (Wildman–Crippen LogP) is 4.64. The van der Waals surface area contributed by atoms with Crippen LogP contribution >= 0.6 is 22.9 Å². The van der Waals surface area contributed by atoms with E-state index < -0.39 is 0 Å². The lowest BCUT2D eigenvalue weighted by atomic mass is 10.2. The molecular weight excluding hydrogens is 434 g/mol. The third-order valence-electron chi connectivity index (χ3n) is 4.94. The molecule has 7 nitrogen and oxygen atoms in total. The molecular formula is C22H18ClN5O2S. The zero-order valence-corrected chi connectivity index (χ0v) is 18.0. The van der Waals surface area contributed by atoms with Gasteiger partial charge in [-0.2, -0.15) is 0 Å². The molecule has 0 saturated heterocycles. The van der Waals surface area contributed by atoms with Gasteiger partial charge in [-0.25, -0.2) is 4.98 Å². The second-order valence-electron chi connectivity index (χ2n) is 7.30. The highest BCUT2D eigenvalue weighted by Crippen LogP contribution is 2.30. The smallest absolute Gasteiger partial charge is 0.247 e. The lowest BCUT2D eigenvalue weighted by molar-refractivity contribution is -0.132. The van der Waals surface area contributed by atoms with E-state index in [4.69, 9.17) is 16.0 Å². The summed E-state index contributed by atoms with van der Waals surface area (Å²) in [4.78, 5) is 23.8. The maximum atomic E-state index is 13.0.